The van der Waals surface area contributed by atoms with Crippen LogP contribution in [0.1, 0.15) is 23.6 Å². The Balaban J connectivity index is 1.95. The van der Waals surface area contributed by atoms with E-state index in [1.807, 2.05) is 12.1 Å². The fourth-order valence-electron chi connectivity index (χ4n) is 2.59. The van der Waals surface area contributed by atoms with Crippen LogP contribution in [0, 0.1) is 6.92 Å². The van der Waals surface area contributed by atoms with Gasteiger partial charge in [0.1, 0.15) is 0 Å². The molecule has 0 spiro atoms. The van der Waals surface area contributed by atoms with E-state index in [1.54, 1.807) is 6.21 Å². The molecule has 0 bridgehead atoms. The van der Waals surface area contributed by atoms with Crippen molar-refractivity contribution < 1.29 is 4.79 Å². The highest BCUT2D eigenvalue weighted by molar-refractivity contribution is 5.99. The van der Waals surface area contributed by atoms with Gasteiger partial charge >= 0.3 is 0 Å². The molecule has 0 atom stereocenters. The number of nitrogens with one attached hydrogen (secondary N) is 1. The van der Waals surface area contributed by atoms with E-state index < -0.39 is 0 Å². The molecule has 1 N–H and O–H groups in total. The molecule has 3 aromatic rings. The van der Waals surface area contributed by atoms with Crippen LogP contribution in [-0.4, -0.2) is 16.7 Å². The van der Waals surface area contributed by atoms with Crippen LogP contribution in [-0.2, 0) is 11.3 Å². The fraction of sp³-hybridized carbons (Fsp3) is 0.158. The van der Waals surface area contributed by atoms with Gasteiger partial charge in [-0.1, -0.05) is 48.0 Å². The number of carbonyl (C=O) groups is 1. The van der Waals surface area contributed by atoms with Gasteiger partial charge in [-0.2, -0.15) is 5.10 Å². The maximum Gasteiger partial charge on any atom is 0.236 e. The number of amides is 1. The molecule has 2 aromatic carbocycles. The van der Waals surface area contributed by atoms with E-state index in [0.717, 1.165) is 23.0 Å². The second-order valence-corrected chi connectivity index (χ2v) is 5.64. The SMILES string of the molecule is CC(=O)N/N=C\c1cn(Cc2ccc(C)cc2)c2ccccc12. The molecule has 1 heterocycles. The number of aromatic nitrogens is 1. The lowest BCUT2D eigenvalue weighted by molar-refractivity contribution is -0.118. The summed E-state index contributed by atoms with van der Waals surface area (Å²) in [7, 11) is 0. The number of para-hydroxylation sites is 1. The normalized spacial score (nSPS) is 11.2. The van der Waals surface area contributed by atoms with Crippen LogP contribution in [0.25, 0.3) is 10.9 Å². The molecule has 23 heavy (non-hydrogen) atoms. The first-order chi connectivity index (χ1) is 11.1. The average Bonchev–Trinajstić information content (AvgIpc) is 2.88. The van der Waals surface area contributed by atoms with Gasteiger partial charge in [0.05, 0.1) is 6.21 Å². The summed E-state index contributed by atoms with van der Waals surface area (Å²) in [5.74, 6) is -0.176. The molecular weight excluding hydrogens is 286 g/mol. The maximum absolute atomic E-state index is 10.9. The molecule has 0 aliphatic rings. The highest BCUT2D eigenvalue weighted by atomic mass is 16.2. The van der Waals surface area contributed by atoms with Crippen molar-refractivity contribution in [2.45, 2.75) is 20.4 Å². The van der Waals surface area contributed by atoms with Crippen LogP contribution in [0.15, 0.2) is 59.8 Å². The zero-order valence-electron chi connectivity index (χ0n) is 13.3. The van der Waals surface area contributed by atoms with E-state index in [0.29, 0.717) is 0 Å². The minimum atomic E-state index is -0.176. The predicted molar refractivity (Wildman–Crippen MR) is 93.6 cm³/mol. The summed E-state index contributed by atoms with van der Waals surface area (Å²) in [5, 5.41) is 5.10. The number of hydrogen-bond acceptors (Lipinski definition) is 2. The first-order valence-corrected chi connectivity index (χ1v) is 7.56. The third kappa shape index (κ3) is 3.48. The summed E-state index contributed by atoms with van der Waals surface area (Å²) in [6.07, 6.45) is 3.76. The highest BCUT2D eigenvalue weighted by Crippen LogP contribution is 2.21. The van der Waals surface area contributed by atoms with Gasteiger partial charge in [-0.3, -0.25) is 4.79 Å². The Morgan fingerprint density at radius 2 is 1.91 bits per heavy atom. The number of fused-ring (bicyclic) bond motifs is 1. The van der Waals surface area contributed by atoms with Crippen LogP contribution in [0.5, 0.6) is 0 Å². The molecule has 1 amide bonds. The minimum absolute atomic E-state index is 0.176. The van der Waals surface area contributed by atoms with Gasteiger partial charge in [0.15, 0.2) is 0 Å². The van der Waals surface area contributed by atoms with E-state index in [2.05, 4.69) is 64.6 Å². The third-order valence-electron chi connectivity index (χ3n) is 3.72. The van der Waals surface area contributed by atoms with Crippen molar-refractivity contribution >= 4 is 23.0 Å². The van der Waals surface area contributed by atoms with Crippen molar-refractivity contribution in [1.82, 2.24) is 9.99 Å². The van der Waals surface area contributed by atoms with Gasteiger partial charge in [-0.15, -0.1) is 0 Å². The van der Waals surface area contributed by atoms with E-state index in [4.69, 9.17) is 0 Å². The van der Waals surface area contributed by atoms with Crippen LogP contribution in [0.4, 0.5) is 0 Å². The van der Waals surface area contributed by atoms with E-state index >= 15 is 0 Å². The lowest BCUT2D eigenvalue weighted by atomic mass is 10.1. The molecule has 0 aliphatic heterocycles. The molecule has 0 unspecified atom stereocenters. The minimum Gasteiger partial charge on any atom is -0.342 e. The molecule has 3 rings (SSSR count). The molecule has 0 saturated heterocycles. The van der Waals surface area contributed by atoms with Crippen molar-refractivity contribution in [3.05, 3.63) is 71.4 Å². The molecule has 0 fully saturated rings. The molecule has 116 valence electrons. The van der Waals surface area contributed by atoms with Gasteiger partial charge in [0, 0.05) is 36.1 Å². The predicted octanol–water partition coefficient (Wildman–Crippen LogP) is 3.47. The summed E-state index contributed by atoms with van der Waals surface area (Å²) >= 11 is 0. The first-order valence-electron chi connectivity index (χ1n) is 7.56. The second kappa shape index (κ2) is 6.48. The molecule has 4 heteroatoms. The lowest BCUT2D eigenvalue weighted by Crippen LogP contribution is -2.12. The molecule has 0 aliphatic carbocycles. The summed E-state index contributed by atoms with van der Waals surface area (Å²) in [6.45, 7) is 4.33. The molecule has 0 saturated carbocycles. The molecule has 0 radical (unpaired) electrons. The summed E-state index contributed by atoms with van der Waals surface area (Å²) in [4.78, 5) is 10.9. The summed E-state index contributed by atoms with van der Waals surface area (Å²) in [5.41, 5.74) is 7.09. The largest absolute Gasteiger partial charge is 0.342 e. The topological polar surface area (TPSA) is 46.4 Å². The van der Waals surface area contributed by atoms with Crippen molar-refractivity contribution in [3.63, 3.8) is 0 Å². The van der Waals surface area contributed by atoms with Crippen LogP contribution in [0.3, 0.4) is 0 Å². The van der Waals surface area contributed by atoms with Crippen molar-refractivity contribution in [2.24, 2.45) is 5.10 Å². The summed E-state index contributed by atoms with van der Waals surface area (Å²) in [6, 6.07) is 16.7. The van der Waals surface area contributed by atoms with Crippen molar-refractivity contribution in [3.8, 4) is 0 Å². The maximum atomic E-state index is 10.9. The van der Waals surface area contributed by atoms with E-state index in [-0.39, 0.29) is 5.91 Å². The van der Waals surface area contributed by atoms with Crippen LogP contribution >= 0.6 is 0 Å². The second-order valence-electron chi connectivity index (χ2n) is 5.64. The van der Waals surface area contributed by atoms with Gasteiger partial charge in [0.2, 0.25) is 5.91 Å². The molecule has 4 nitrogen and oxygen atoms in total. The van der Waals surface area contributed by atoms with Gasteiger partial charge in [-0.05, 0) is 18.6 Å². The number of carbonyl (C=O) groups excluding carboxylic acids is 1. The van der Waals surface area contributed by atoms with Crippen LogP contribution < -0.4 is 5.43 Å². The summed E-state index contributed by atoms with van der Waals surface area (Å²) < 4.78 is 2.20. The van der Waals surface area contributed by atoms with E-state index in [9.17, 15) is 4.79 Å². The zero-order valence-corrected chi connectivity index (χ0v) is 13.3. The highest BCUT2D eigenvalue weighted by Gasteiger charge is 2.07. The Kier molecular flexibility index (Phi) is 4.24. The van der Waals surface area contributed by atoms with Crippen molar-refractivity contribution in [1.29, 1.82) is 0 Å². The van der Waals surface area contributed by atoms with Gasteiger partial charge in [-0.25, -0.2) is 5.43 Å². The Bertz CT molecular complexity index is 860. The number of hydrazone groups is 1. The molecule has 1 aromatic heterocycles. The number of aryl methyl sites for hydroxylation is 1. The number of hydrogen-bond donors (Lipinski definition) is 1. The Labute approximate surface area is 135 Å². The first kappa shape index (κ1) is 15.0. The van der Waals surface area contributed by atoms with Gasteiger partial charge in [0.25, 0.3) is 0 Å². The standard InChI is InChI=1S/C19H19N3O/c1-14-7-9-16(10-8-14)12-22-13-17(11-20-21-15(2)23)18-5-3-4-6-19(18)22/h3-11,13H,12H2,1-2H3,(H,21,23)/b20-11-. The Hall–Kier alpha value is -2.88. The Morgan fingerprint density at radius 3 is 2.65 bits per heavy atom. The third-order valence-corrected chi connectivity index (χ3v) is 3.72. The average molecular weight is 305 g/mol. The zero-order chi connectivity index (χ0) is 16.2. The number of nitrogens with zero attached hydrogens (tertiary/aromatic N) is 2. The smallest absolute Gasteiger partial charge is 0.236 e. The lowest BCUT2D eigenvalue weighted by Gasteiger charge is -2.06. The monoisotopic (exact) mass is 305 g/mol. The van der Waals surface area contributed by atoms with Crippen molar-refractivity contribution in [2.75, 3.05) is 0 Å². The van der Waals surface area contributed by atoms with Crippen LogP contribution in [0.2, 0.25) is 0 Å². The fourth-order valence-corrected chi connectivity index (χ4v) is 2.59. The quantitative estimate of drug-likeness (QED) is 0.582. The number of rotatable bonds is 4. The molecular formula is C19H19N3O. The van der Waals surface area contributed by atoms with E-state index in [1.165, 1.54) is 18.1 Å². The van der Waals surface area contributed by atoms with Gasteiger partial charge < -0.3 is 4.57 Å². The Morgan fingerprint density at radius 1 is 1.17 bits per heavy atom. The number of benzene rings is 2.